The predicted molar refractivity (Wildman–Crippen MR) is 66.7 cm³/mol. The van der Waals surface area contributed by atoms with E-state index in [1.54, 1.807) is 0 Å². The molecule has 1 saturated carbocycles. The number of hydrogen-bond acceptors (Lipinski definition) is 4. The van der Waals surface area contributed by atoms with Crippen molar-refractivity contribution in [3.8, 4) is 11.5 Å². The van der Waals surface area contributed by atoms with E-state index in [-0.39, 0.29) is 17.5 Å². The van der Waals surface area contributed by atoms with Crippen LogP contribution in [0, 0.1) is 0 Å². The molecule has 4 nitrogen and oxygen atoms in total. The highest BCUT2D eigenvalue weighted by atomic mass is 19.4. The van der Waals surface area contributed by atoms with E-state index in [9.17, 15) is 18.0 Å². The molecule has 2 aromatic rings. The van der Waals surface area contributed by atoms with E-state index in [0.717, 1.165) is 31.5 Å². The Hall–Kier alpha value is -2.18. The lowest BCUT2D eigenvalue weighted by atomic mass is 9.83. The number of alkyl halides is 3. The van der Waals surface area contributed by atoms with Gasteiger partial charge in [0.05, 0.1) is 5.56 Å². The Labute approximate surface area is 118 Å². The van der Waals surface area contributed by atoms with Crippen molar-refractivity contribution < 1.29 is 22.4 Å². The second-order valence-corrected chi connectivity index (χ2v) is 4.94. The van der Waals surface area contributed by atoms with Gasteiger partial charge in [0.25, 0.3) is 0 Å². The first-order valence-electron chi connectivity index (χ1n) is 6.48. The summed E-state index contributed by atoms with van der Waals surface area (Å²) in [7, 11) is 0. The monoisotopic (exact) mass is 296 g/mol. The number of carbonyl (C=O) groups excluding carboxylic acids is 1. The number of nitrogens with zero attached hydrogens (tertiary/aromatic N) is 2. The summed E-state index contributed by atoms with van der Waals surface area (Å²) >= 11 is 0. The maximum atomic E-state index is 12.5. The third kappa shape index (κ3) is 2.55. The maximum absolute atomic E-state index is 12.5. The van der Waals surface area contributed by atoms with E-state index < -0.39 is 11.9 Å². The number of pyridine rings is 1. The number of aromatic nitrogens is 2. The molecule has 0 amide bonds. The highest BCUT2D eigenvalue weighted by Crippen LogP contribution is 2.39. The molecule has 0 saturated heterocycles. The highest BCUT2D eigenvalue weighted by molar-refractivity contribution is 5.75. The lowest BCUT2D eigenvalue weighted by Crippen LogP contribution is -2.09. The van der Waals surface area contributed by atoms with E-state index in [0.29, 0.717) is 17.6 Å². The Bertz CT molecular complexity index is 658. The van der Waals surface area contributed by atoms with Crippen molar-refractivity contribution >= 4 is 6.29 Å². The van der Waals surface area contributed by atoms with Crippen molar-refractivity contribution in [2.24, 2.45) is 0 Å². The molecule has 1 aliphatic carbocycles. The van der Waals surface area contributed by atoms with Gasteiger partial charge in [-0.05, 0) is 25.0 Å². The molecule has 0 aromatic carbocycles. The number of halogens is 3. The maximum Gasteiger partial charge on any atom is 0.433 e. The molecule has 0 N–H and O–H groups in total. The molecule has 7 heteroatoms. The average molecular weight is 296 g/mol. The molecule has 21 heavy (non-hydrogen) atoms. The summed E-state index contributed by atoms with van der Waals surface area (Å²) in [5.41, 5.74) is -0.445. The molecular weight excluding hydrogens is 285 g/mol. The van der Waals surface area contributed by atoms with Gasteiger partial charge in [0, 0.05) is 12.1 Å². The third-order valence-corrected chi connectivity index (χ3v) is 3.57. The molecule has 0 unspecified atom stereocenters. The normalized spacial score (nSPS) is 15.8. The van der Waals surface area contributed by atoms with Gasteiger partial charge in [0.1, 0.15) is 17.1 Å². The van der Waals surface area contributed by atoms with Crippen molar-refractivity contribution in [3.05, 3.63) is 35.5 Å². The first kappa shape index (κ1) is 13.8. The Morgan fingerprint density at radius 2 is 2.05 bits per heavy atom. The summed E-state index contributed by atoms with van der Waals surface area (Å²) in [5.74, 6) is 0.820. The molecule has 2 heterocycles. The van der Waals surface area contributed by atoms with Crippen LogP contribution in [-0.4, -0.2) is 16.3 Å². The number of rotatable bonds is 3. The Morgan fingerprint density at radius 3 is 2.52 bits per heavy atom. The van der Waals surface area contributed by atoms with Gasteiger partial charge >= 0.3 is 6.18 Å². The molecule has 0 bridgehead atoms. The summed E-state index contributed by atoms with van der Waals surface area (Å²) in [5, 5.41) is 0. The van der Waals surface area contributed by atoms with Crippen molar-refractivity contribution in [1.29, 1.82) is 0 Å². The molecule has 1 aliphatic rings. The van der Waals surface area contributed by atoms with Crippen LogP contribution in [0.5, 0.6) is 0 Å². The smallest absolute Gasteiger partial charge is 0.433 e. The van der Waals surface area contributed by atoms with Crippen LogP contribution in [-0.2, 0) is 6.18 Å². The topological polar surface area (TPSA) is 56.0 Å². The molecule has 110 valence electrons. The standard InChI is InChI=1S/C14H11F3N2O2/c15-14(16,17)11-5-4-9(6-18-11)13-19-10(7-20)12(21-13)8-2-1-3-8/h4-8H,1-3H2. The first-order chi connectivity index (χ1) is 9.99. The zero-order chi connectivity index (χ0) is 15.0. The summed E-state index contributed by atoms with van der Waals surface area (Å²) in [6.45, 7) is 0. The van der Waals surface area contributed by atoms with E-state index in [1.165, 1.54) is 6.07 Å². The summed E-state index contributed by atoms with van der Waals surface area (Å²) < 4.78 is 42.9. The number of oxazole rings is 1. The lowest BCUT2D eigenvalue weighted by Gasteiger charge is -2.22. The van der Waals surface area contributed by atoms with E-state index in [2.05, 4.69) is 9.97 Å². The molecule has 0 spiro atoms. The Morgan fingerprint density at radius 1 is 1.29 bits per heavy atom. The van der Waals surface area contributed by atoms with E-state index >= 15 is 0 Å². The fraction of sp³-hybridized carbons (Fsp3) is 0.357. The van der Waals surface area contributed by atoms with Gasteiger partial charge in [-0.25, -0.2) is 4.98 Å². The van der Waals surface area contributed by atoms with Crippen molar-refractivity contribution in [2.45, 2.75) is 31.4 Å². The SMILES string of the molecule is O=Cc1nc(-c2ccc(C(F)(F)F)nc2)oc1C1CCC1. The second kappa shape index (κ2) is 4.98. The fourth-order valence-electron chi connectivity index (χ4n) is 2.20. The van der Waals surface area contributed by atoms with Crippen molar-refractivity contribution in [3.63, 3.8) is 0 Å². The third-order valence-electron chi connectivity index (χ3n) is 3.57. The van der Waals surface area contributed by atoms with Crippen LogP contribution >= 0.6 is 0 Å². The molecule has 0 atom stereocenters. The predicted octanol–water partition coefficient (Wildman–Crippen LogP) is 3.84. The van der Waals surface area contributed by atoms with Gasteiger partial charge in [0.15, 0.2) is 6.29 Å². The van der Waals surface area contributed by atoms with Gasteiger partial charge in [-0.2, -0.15) is 13.2 Å². The Kier molecular flexibility index (Phi) is 3.27. The minimum atomic E-state index is -4.49. The van der Waals surface area contributed by atoms with Crippen LogP contribution in [0.25, 0.3) is 11.5 Å². The molecule has 2 aromatic heterocycles. The number of carbonyl (C=O) groups is 1. The lowest BCUT2D eigenvalue weighted by molar-refractivity contribution is -0.141. The van der Waals surface area contributed by atoms with Crippen LogP contribution in [0.4, 0.5) is 13.2 Å². The zero-order valence-corrected chi connectivity index (χ0v) is 10.9. The highest BCUT2D eigenvalue weighted by Gasteiger charge is 2.32. The zero-order valence-electron chi connectivity index (χ0n) is 10.9. The van der Waals surface area contributed by atoms with Gasteiger partial charge in [-0.3, -0.25) is 9.78 Å². The average Bonchev–Trinajstić information content (AvgIpc) is 2.80. The van der Waals surface area contributed by atoms with Gasteiger partial charge < -0.3 is 4.42 Å². The summed E-state index contributed by atoms with van der Waals surface area (Å²) in [4.78, 5) is 18.4. The van der Waals surface area contributed by atoms with Crippen LogP contribution < -0.4 is 0 Å². The van der Waals surface area contributed by atoms with Crippen molar-refractivity contribution in [1.82, 2.24) is 9.97 Å². The van der Waals surface area contributed by atoms with Crippen molar-refractivity contribution in [2.75, 3.05) is 0 Å². The fourth-order valence-corrected chi connectivity index (χ4v) is 2.20. The van der Waals surface area contributed by atoms with Crippen LogP contribution in [0.2, 0.25) is 0 Å². The van der Waals surface area contributed by atoms with Crippen LogP contribution in [0.3, 0.4) is 0 Å². The summed E-state index contributed by atoms with van der Waals surface area (Å²) in [6, 6.07) is 2.10. The molecule has 0 radical (unpaired) electrons. The van der Waals surface area contributed by atoms with Crippen LogP contribution in [0.15, 0.2) is 22.7 Å². The largest absolute Gasteiger partial charge is 0.440 e. The molecule has 1 fully saturated rings. The van der Waals surface area contributed by atoms with Gasteiger partial charge in [-0.15, -0.1) is 0 Å². The number of aldehydes is 1. The van der Waals surface area contributed by atoms with Gasteiger partial charge in [0.2, 0.25) is 5.89 Å². The molecule has 0 aliphatic heterocycles. The molecule has 3 rings (SSSR count). The van der Waals surface area contributed by atoms with E-state index in [1.807, 2.05) is 0 Å². The minimum absolute atomic E-state index is 0.125. The number of hydrogen-bond donors (Lipinski definition) is 0. The Balaban J connectivity index is 1.93. The second-order valence-electron chi connectivity index (χ2n) is 4.94. The first-order valence-corrected chi connectivity index (χ1v) is 6.48. The van der Waals surface area contributed by atoms with Crippen LogP contribution in [0.1, 0.15) is 47.1 Å². The quantitative estimate of drug-likeness (QED) is 0.808. The molecular formula is C14H11F3N2O2. The summed E-state index contributed by atoms with van der Waals surface area (Å²) in [6.07, 6.45) is 0.106. The minimum Gasteiger partial charge on any atom is -0.440 e. The van der Waals surface area contributed by atoms with Gasteiger partial charge in [-0.1, -0.05) is 6.42 Å². The van der Waals surface area contributed by atoms with E-state index in [4.69, 9.17) is 4.42 Å².